The fourth-order valence-electron chi connectivity index (χ4n) is 2.82. The van der Waals surface area contributed by atoms with Crippen molar-refractivity contribution in [2.75, 3.05) is 39.3 Å². The zero-order valence-electron chi connectivity index (χ0n) is 15.1. The number of guanidine groups is 1. The molecule has 1 aliphatic rings. The molecule has 0 bridgehead atoms. The summed E-state index contributed by atoms with van der Waals surface area (Å²) in [5.74, 6) is 1.83. The predicted octanol–water partition coefficient (Wildman–Crippen LogP) is 2.18. The van der Waals surface area contributed by atoms with E-state index >= 15 is 0 Å². The fourth-order valence-corrected chi connectivity index (χ4v) is 2.82. The molecule has 2 N–H and O–H groups in total. The minimum Gasteiger partial charge on any atom is -0.357 e. The molecule has 0 atom stereocenters. The monoisotopic (exact) mass is 448 g/mol. The Bertz CT molecular complexity index is 440. The average molecular weight is 448 g/mol. The second-order valence-corrected chi connectivity index (χ2v) is 6.33. The van der Waals surface area contributed by atoms with E-state index in [0.29, 0.717) is 0 Å². The topological polar surface area (TPSA) is 57.5 Å². The Balaban J connectivity index is 0.00000288. The van der Waals surface area contributed by atoms with Gasteiger partial charge in [-0.05, 0) is 51.3 Å². The molecule has 0 saturated carbocycles. The molecule has 0 radical (unpaired) electrons. The van der Waals surface area contributed by atoms with E-state index in [2.05, 4.69) is 39.5 Å². The van der Waals surface area contributed by atoms with Gasteiger partial charge in [0.2, 0.25) is 0 Å². The van der Waals surface area contributed by atoms with Crippen LogP contribution in [0.25, 0.3) is 0 Å². The van der Waals surface area contributed by atoms with E-state index in [0.717, 1.165) is 51.0 Å². The van der Waals surface area contributed by atoms with Gasteiger partial charge in [-0.15, -0.1) is 24.0 Å². The molecule has 1 aromatic heterocycles. The molecule has 1 aromatic rings. The molecule has 0 unspecified atom stereocenters. The van der Waals surface area contributed by atoms with E-state index in [1.54, 1.807) is 0 Å². The minimum absolute atomic E-state index is 0. The number of hydrogen-bond acceptors (Lipinski definition) is 3. The summed E-state index contributed by atoms with van der Waals surface area (Å²) >= 11 is 0. The van der Waals surface area contributed by atoms with Crippen molar-refractivity contribution in [3.05, 3.63) is 18.5 Å². The molecule has 1 aliphatic heterocycles. The van der Waals surface area contributed by atoms with Gasteiger partial charge in [-0.25, -0.2) is 0 Å². The number of aromatic nitrogens is 2. The van der Waals surface area contributed by atoms with Crippen LogP contribution in [0.1, 0.15) is 33.1 Å². The normalized spacial score (nSPS) is 16.7. The largest absolute Gasteiger partial charge is 0.357 e. The zero-order valence-corrected chi connectivity index (χ0v) is 17.4. The number of nitrogens with one attached hydrogen (secondary N) is 2. The van der Waals surface area contributed by atoms with Crippen LogP contribution in [0.4, 0.5) is 0 Å². The average Bonchev–Trinajstić information content (AvgIpc) is 3.07. The second-order valence-electron chi connectivity index (χ2n) is 6.33. The Morgan fingerprint density at radius 3 is 2.71 bits per heavy atom. The summed E-state index contributed by atoms with van der Waals surface area (Å²) in [6, 6.07) is 1.95. The molecule has 2 rings (SSSR count). The number of aliphatic imine (C=N–C) groups is 1. The molecule has 7 heteroatoms. The molecule has 0 aromatic carbocycles. The molecule has 138 valence electrons. The van der Waals surface area contributed by atoms with Gasteiger partial charge < -0.3 is 15.5 Å². The summed E-state index contributed by atoms with van der Waals surface area (Å²) < 4.78 is 1.95. The van der Waals surface area contributed by atoms with E-state index in [9.17, 15) is 0 Å². The molecule has 0 amide bonds. The molecule has 2 heterocycles. The Hall–Kier alpha value is -0.830. The molecule has 0 spiro atoms. The highest BCUT2D eigenvalue weighted by molar-refractivity contribution is 14.0. The number of nitrogens with zero attached hydrogens (tertiary/aromatic N) is 4. The number of rotatable bonds is 8. The molecule has 6 nitrogen and oxygen atoms in total. The first kappa shape index (κ1) is 21.2. The van der Waals surface area contributed by atoms with E-state index in [1.807, 2.05) is 23.1 Å². The lowest BCUT2D eigenvalue weighted by Crippen LogP contribution is -2.43. The molecule has 24 heavy (non-hydrogen) atoms. The van der Waals surface area contributed by atoms with Gasteiger partial charge in [0, 0.05) is 45.1 Å². The maximum absolute atomic E-state index is 4.64. The highest BCUT2D eigenvalue weighted by Crippen LogP contribution is 2.14. The summed E-state index contributed by atoms with van der Waals surface area (Å²) in [6.07, 6.45) is 7.48. The van der Waals surface area contributed by atoms with Crippen molar-refractivity contribution in [2.45, 2.75) is 39.7 Å². The first-order valence-electron chi connectivity index (χ1n) is 9.00. The van der Waals surface area contributed by atoms with Crippen LogP contribution in [0, 0.1) is 5.92 Å². The van der Waals surface area contributed by atoms with Crippen LogP contribution in [0.3, 0.4) is 0 Å². The lowest BCUT2D eigenvalue weighted by Gasteiger charge is -2.30. The lowest BCUT2D eigenvalue weighted by molar-refractivity contribution is 0.195. The molecule has 0 aliphatic carbocycles. The summed E-state index contributed by atoms with van der Waals surface area (Å²) in [6.45, 7) is 11.6. The SMILES string of the molecule is CCNC(=NCCCn1cccn1)NCCN1CCC(C)CC1.I. The molecule has 1 fully saturated rings. The van der Waals surface area contributed by atoms with Crippen molar-refractivity contribution in [3.63, 3.8) is 0 Å². The van der Waals surface area contributed by atoms with Crippen molar-refractivity contribution >= 4 is 29.9 Å². The Morgan fingerprint density at radius 1 is 1.25 bits per heavy atom. The first-order chi connectivity index (χ1) is 11.3. The van der Waals surface area contributed by atoms with Crippen LogP contribution in [0.5, 0.6) is 0 Å². The minimum atomic E-state index is 0. The number of likely N-dealkylation sites (tertiary alicyclic amines) is 1. The summed E-state index contributed by atoms with van der Waals surface area (Å²) in [4.78, 5) is 7.19. The predicted molar refractivity (Wildman–Crippen MR) is 111 cm³/mol. The highest BCUT2D eigenvalue weighted by Gasteiger charge is 2.14. The second kappa shape index (κ2) is 12.5. The zero-order chi connectivity index (χ0) is 16.3. The lowest BCUT2D eigenvalue weighted by atomic mass is 9.99. The van der Waals surface area contributed by atoms with Crippen LogP contribution in [0.15, 0.2) is 23.5 Å². The highest BCUT2D eigenvalue weighted by atomic mass is 127. The van der Waals surface area contributed by atoms with Gasteiger partial charge in [0.25, 0.3) is 0 Å². The van der Waals surface area contributed by atoms with Crippen molar-refractivity contribution < 1.29 is 0 Å². The van der Waals surface area contributed by atoms with E-state index in [4.69, 9.17) is 0 Å². The molecular formula is C17H33IN6. The Kier molecular flexibility index (Phi) is 11.1. The Morgan fingerprint density at radius 2 is 2.04 bits per heavy atom. The van der Waals surface area contributed by atoms with Gasteiger partial charge in [0.15, 0.2) is 5.96 Å². The van der Waals surface area contributed by atoms with E-state index < -0.39 is 0 Å². The standard InChI is InChI=1S/C17H32N6.HI/c1-3-18-17(19-8-4-11-23-12-5-9-21-23)20-10-15-22-13-6-16(2)7-14-22;/h5,9,12,16H,3-4,6-8,10-11,13-15H2,1-2H3,(H2,18,19,20);1H. The van der Waals surface area contributed by atoms with Crippen molar-refractivity contribution in [1.82, 2.24) is 25.3 Å². The number of aryl methyl sites for hydroxylation is 1. The maximum Gasteiger partial charge on any atom is 0.191 e. The third-order valence-corrected chi connectivity index (χ3v) is 4.32. The molecule has 1 saturated heterocycles. The summed E-state index contributed by atoms with van der Waals surface area (Å²) in [7, 11) is 0. The Labute approximate surface area is 163 Å². The van der Waals surface area contributed by atoms with Crippen LogP contribution in [-0.4, -0.2) is 59.9 Å². The van der Waals surface area contributed by atoms with Gasteiger partial charge >= 0.3 is 0 Å². The van der Waals surface area contributed by atoms with Crippen LogP contribution >= 0.6 is 24.0 Å². The van der Waals surface area contributed by atoms with Crippen molar-refractivity contribution in [1.29, 1.82) is 0 Å². The van der Waals surface area contributed by atoms with Crippen LogP contribution in [-0.2, 0) is 6.54 Å². The smallest absolute Gasteiger partial charge is 0.191 e. The van der Waals surface area contributed by atoms with Crippen molar-refractivity contribution in [3.8, 4) is 0 Å². The van der Waals surface area contributed by atoms with Crippen LogP contribution in [0.2, 0.25) is 0 Å². The summed E-state index contributed by atoms with van der Waals surface area (Å²) in [5, 5.41) is 11.0. The molecular weight excluding hydrogens is 415 g/mol. The number of piperidine rings is 1. The third kappa shape index (κ3) is 8.32. The first-order valence-corrected chi connectivity index (χ1v) is 9.00. The van der Waals surface area contributed by atoms with Gasteiger partial charge in [0.05, 0.1) is 0 Å². The van der Waals surface area contributed by atoms with Crippen LogP contribution < -0.4 is 10.6 Å². The van der Waals surface area contributed by atoms with E-state index in [1.165, 1.54) is 25.9 Å². The summed E-state index contributed by atoms with van der Waals surface area (Å²) in [5.41, 5.74) is 0. The maximum atomic E-state index is 4.64. The van der Waals surface area contributed by atoms with Crippen molar-refractivity contribution in [2.24, 2.45) is 10.9 Å². The van der Waals surface area contributed by atoms with Gasteiger partial charge in [-0.3, -0.25) is 9.67 Å². The number of halogens is 1. The fraction of sp³-hybridized carbons (Fsp3) is 0.765. The van der Waals surface area contributed by atoms with Gasteiger partial charge in [-0.1, -0.05) is 6.92 Å². The van der Waals surface area contributed by atoms with Gasteiger partial charge in [0.1, 0.15) is 0 Å². The third-order valence-electron chi connectivity index (χ3n) is 4.32. The van der Waals surface area contributed by atoms with E-state index in [-0.39, 0.29) is 24.0 Å². The number of hydrogen-bond donors (Lipinski definition) is 2. The quantitative estimate of drug-likeness (QED) is 0.277. The van der Waals surface area contributed by atoms with Gasteiger partial charge in [-0.2, -0.15) is 5.10 Å².